The molecular weight excluding hydrogens is 312 g/mol. The van der Waals surface area contributed by atoms with Crippen molar-refractivity contribution < 1.29 is 14.8 Å². The Bertz CT molecular complexity index is 835. The summed E-state index contributed by atoms with van der Waals surface area (Å²) < 4.78 is 5.31. The van der Waals surface area contributed by atoms with Crippen molar-refractivity contribution in [1.82, 2.24) is 0 Å². The first kappa shape index (κ1) is 14.4. The van der Waals surface area contributed by atoms with Crippen LogP contribution in [0.1, 0.15) is 31.7 Å². The first-order chi connectivity index (χ1) is 12.1. The number of carbonyl (C=O) groups excluding carboxylic acids is 1. The topological polar surface area (TPSA) is 54.9 Å². The molecule has 4 nitrogen and oxygen atoms in total. The van der Waals surface area contributed by atoms with Crippen molar-refractivity contribution in [2.45, 2.75) is 43.2 Å². The summed E-state index contributed by atoms with van der Waals surface area (Å²) in [5, 5.41) is 6.37. The van der Waals surface area contributed by atoms with E-state index in [0.717, 1.165) is 6.42 Å². The van der Waals surface area contributed by atoms with Gasteiger partial charge >= 0.3 is 5.97 Å². The minimum atomic E-state index is -0.203. The SMILES string of the molecule is COC(=O)[C@H]1C[C@@]23C=C[NH2+][C@@H]4CC[C@@]5(c6ccccc6N[C@]15[C@@H]2C)[C@H]43. The smallest absolute Gasteiger partial charge is 0.311 e. The lowest BCUT2D eigenvalue weighted by atomic mass is 9.55. The number of nitrogens with one attached hydrogen (secondary N) is 1. The van der Waals surface area contributed by atoms with Gasteiger partial charge in [0.2, 0.25) is 0 Å². The van der Waals surface area contributed by atoms with Crippen LogP contribution in [-0.4, -0.2) is 24.7 Å². The molecule has 1 aromatic rings. The van der Waals surface area contributed by atoms with E-state index in [4.69, 9.17) is 4.74 Å². The number of allylic oxidation sites excluding steroid dienone is 1. The molecule has 6 rings (SSSR count). The van der Waals surface area contributed by atoms with E-state index in [1.165, 1.54) is 24.1 Å². The predicted octanol–water partition coefficient (Wildman–Crippen LogP) is 1.79. The lowest BCUT2D eigenvalue weighted by molar-refractivity contribution is -0.640. The van der Waals surface area contributed by atoms with Gasteiger partial charge in [0.25, 0.3) is 0 Å². The van der Waals surface area contributed by atoms with Gasteiger partial charge in [0.05, 0.1) is 30.8 Å². The summed E-state index contributed by atoms with van der Waals surface area (Å²) in [4.78, 5) is 12.9. The van der Waals surface area contributed by atoms with Crippen LogP contribution in [-0.2, 0) is 14.9 Å². The van der Waals surface area contributed by atoms with Crippen molar-refractivity contribution in [3.05, 3.63) is 42.1 Å². The molecule has 2 heterocycles. The number of hydrogen-bond donors (Lipinski definition) is 2. The molecule has 1 aromatic carbocycles. The molecule has 0 radical (unpaired) electrons. The number of benzene rings is 1. The third kappa shape index (κ3) is 1.19. The van der Waals surface area contributed by atoms with Crippen molar-refractivity contribution in [1.29, 1.82) is 0 Å². The number of hydrogen-bond acceptors (Lipinski definition) is 3. The van der Waals surface area contributed by atoms with Gasteiger partial charge in [-0.3, -0.25) is 4.79 Å². The minimum Gasteiger partial charge on any atom is -0.469 e. The molecule has 0 unspecified atom stereocenters. The standard InChI is InChI=1S/C21H24N2O2/c1-12-19-9-10-22-16-7-8-20(17(16)19)13-5-3-4-6-15(13)23-21(12,20)14(11-19)18(24)25-2/h3-6,9-10,12,14,16-17,22-23H,7-8,11H2,1-2H3/p+1/t12-,14-,16-,17-,19+,20-,21-/m1/s1. The Hall–Kier alpha value is -1.81. The Morgan fingerprint density at radius 3 is 3.04 bits per heavy atom. The second-order valence-electron chi connectivity index (χ2n) is 8.86. The molecule has 3 spiro atoms. The molecule has 0 aromatic heterocycles. The summed E-state index contributed by atoms with van der Waals surface area (Å²) in [7, 11) is 1.54. The minimum absolute atomic E-state index is 0.0340. The van der Waals surface area contributed by atoms with Gasteiger partial charge in [-0.15, -0.1) is 0 Å². The molecule has 7 atom stereocenters. The number of para-hydroxylation sites is 1. The van der Waals surface area contributed by atoms with Gasteiger partial charge in [0.15, 0.2) is 0 Å². The van der Waals surface area contributed by atoms with Gasteiger partial charge in [-0.1, -0.05) is 25.1 Å². The zero-order chi connectivity index (χ0) is 17.0. The highest BCUT2D eigenvalue weighted by atomic mass is 16.5. The third-order valence-corrected chi connectivity index (χ3v) is 8.74. The fourth-order valence-corrected chi connectivity index (χ4v) is 8.26. The maximum absolute atomic E-state index is 12.9. The van der Waals surface area contributed by atoms with E-state index in [0.29, 0.717) is 17.9 Å². The van der Waals surface area contributed by atoms with Gasteiger partial charge in [0.1, 0.15) is 0 Å². The van der Waals surface area contributed by atoms with Crippen LogP contribution in [0.15, 0.2) is 36.5 Å². The summed E-state index contributed by atoms with van der Waals surface area (Å²) in [5.41, 5.74) is 2.68. The fourth-order valence-electron chi connectivity index (χ4n) is 8.26. The van der Waals surface area contributed by atoms with Crippen molar-refractivity contribution in [2.24, 2.45) is 23.2 Å². The van der Waals surface area contributed by atoms with E-state index in [1.54, 1.807) is 7.11 Å². The Kier molecular flexibility index (Phi) is 2.37. The van der Waals surface area contributed by atoms with E-state index in [1.807, 2.05) is 0 Å². The molecule has 4 heteroatoms. The van der Waals surface area contributed by atoms with E-state index < -0.39 is 0 Å². The Balaban J connectivity index is 1.69. The lowest BCUT2D eigenvalue weighted by Gasteiger charge is -2.49. The van der Waals surface area contributed by atoms with E-state index in [9.17, 15) is 4.79 Å². The van der Waals surface area contributed by atoms with Crippen LogP contribution in [0.25, 0.3) is 0 Å². The average molecular weight is 337 g/mol. The second kappa shape index (κ2) is 4.12. The van der Waals surface area contributed by atoms with Crippen molar-refractivity contribution in [2.75, 3.05) is 12.4 Å². The van der Waals surface area contributed by atoms with Gasteiger partial charge < -0.3 is 15.4 Å². The first-order valence-corrected chi connectivity index (χ1v) is 9.60. The van der Waals surface area contributed by atoms with E-state index >= 15 is 0 Å². The first-order valence-electron chi connectivity index (χ1n) is 9.60. The third-order valence-electron chi connectivity index (χ3n) is 8.74. The predicted molar refractivity (Wildman–Crippen MR) is 93.8 cm³/mol. The van der Waals surface area contributed by atoms with Crippen LogP contribution in [0, 0.1) is 23.2 Å². The molecule has 3 aliphatic carbocycles. The number of rotatable bonds is 1. The molecule has 3 N–H and O–H groups in total. The summed E-state index contributed by atoms with van der Waals surface area (Å²) in [6, 6.07) is 9.43. The molecule has 25 heavy (non-hydrogen) atoms. The number of carbonyl (C=O) groups is 1. The molecule has 2 aliphatic heterocycles. The Labute approximate surface area is 148 Å². The molecule has 0 saturated heterocycles. The summed E-state index contributed by atoms with van der Waals surface area (Å²) in [5.74, 6) is 0.928. The fraction of sp³-hybridized carbons (Fsp3) is 0.571. The van der Waals surface area contributed by atoms with Crippen LogP contribution >= 0.6 is 0 Å². The highest BCUT2D eigenvalue weighted by Gasteiger charge is 2.86. The van der Waals surface area contributed by atoms with Crippen molar-refractivity contribution >= 4 is 11.7 Å². The van der Waals surface area contributed by atoms with Crippen LogP contribution in [0.4, 0.5) is 5.69 Å². The number of nitrogens with two attached hydrogens (primary N) is 1. The molecule has 5 aliphatic rings. The molecular formula is C21H25N2O2+. The van der Waals surface area contributed by atoms with Crippen molar-refractivity contribution in [3.8, 4) is 0 Å². The molecule has 130 valence electrons. The maximum atomic E-state index is 12.9. The van der Waals surface area contributed by atoms with Crippen LogP contribution < -0.4 is 10.6 Å². The quantitative estimate of drug-likeness (QED) is 0.768. The Morgan fingerprint density at radius 1 is 1.36 bits per heavy atom. The largest absolute Gasteiger partial charge is 0.469 e. The summed E-state index contributed by atoms with van der Waals surface area (Å²) >= 11 is 0. The molecule has 3 fully saturated rings. The Morgan fingerprint density at radius 2 is 2.20 bits per heavy atom. The molecule has 0 amide bonds. The number of anilines is 1. The normalized spacial score (nSPS) is 50.2. The number of fused-ring (bicyclic) bond motifs is 1. The highest BCUT2D eigenvalue weighted by molar-refractivity contribution is 5.82. The average Bonchev–Trinajstić information content (AvgIpc) is 3.29. The monoisotopic (exact) mass is 337 g/mol. The zero-order valence-electron chi connectivity index (χ0n) is 14.8. The lowest BCUT2D eigenvalue weighted by Crippen LogP contribution is -2.88. The van der Waals surface area contributed by atoms with Crippen molar-refractivity contribution in [3.63, 3.8) is 0 Å². The zero-order valence-corrected chi connectivity index (χ0v) is 14.8. The van der Waals surface area contributed by atoms with Crippen LogP contribution in [0.5, 0.6) is 0 Å². The van der Waals surface area contributed by atoms with Crippen LogP contribution in [0.3, 0.4) is 0 Å². The summed E-state index contributed by atoms with van der Waals surface area (Å²) in [6.07, 6.45) is 8.06. The maximum Gasteiger partial charge on any atom is 0.311 e. The number of quaternary nitrogens is 1. The van der Waals surface area contributed by atoms with Gasteiger partial charge in [-0.25, -0.2) is 0 Å². The molecule has 3 saturated carbocycles. The highest BCUT2D eigenvalue weighted by Crippen LogP contribution is 2.81. The van der Waals surface area contributed by atoms with Gasteiger partial charge in [0, 0.05) is 28.9 Å². The number of ether oxygens (including phenoxy) is 1. The van der Waals surface area contributed by atoms with Crippen LogP contribution in [0.2, 0.25) is 0 Å². The second-order valence-corrected chi connectivity index (χ2v) is 8.86. The van der Waals surface area contributed by atoms with Gasteiger partial charge in [-0.05, 0) is 36.5 Å². The van der Waals surface area contributed by atoms with E-state index in [2.05, 4.69) is 54.1 Å². The van der Waals surface area contributed by atoms with E-state index in [-0.39, 0.29) is 28.3 Å². The number of methoxy groups -OCH3 is 1. The molecule has 2 bridgehead atoms. The number of esters is 1. The van der Waals surface area contributed by atoms with Gasteiger partial charge in [-0.2, -0.15) is 0 Å². The summed E-state index contributed by atoms with van der Waals surface area (Å²) in [6.45, 7) is 2.38.